The lowest BCUT2D eigenvalue weighted by Gasteiger charge is -2.05. The number of unbranched alkanes of at least 4 members (excludes halogenated alkanes) is 2. The summed E-state index contributed by atoms with van der Waals surface area (Å²) >= 11 is 4.32. The monoisotopic (exact) mass is 296 g/mol. The molecule has 0 unspecified atom stereocenters. The van der Waals surface area contributed by atoms with Gasteiger partial charge in [0, 0.05) is 17.5 Å². The van der Waals surface area contributed by atoms with Crippen LogP contribution in [0.25, 0.3) is 11.0 Å². The van der Waals surface area contributed by atoms with E-state index < -0.39 is 0 Å². The van der Waals surface area contributed by atoms with Crippen LogP contribution in [0, 0.1) is 0 Å². The number of carbonyl (C=O) groups excluding carboxylic acids is 1. The zero-order valence-corrected chi connectivity index (χ0v) is 12.1. The average Bonchev–Trinajstić information content (AvgIpc) is 2.44. The Morgan fingerprint density at radius 1 is 1.25 bits per heavy atom. The van der Waals surface area contributed by atoms with Crippen LogP contribution in [0.2, 0.25) is 0 Å². The van der Waals surface area contributed by atoms with E-state index in [9.17, 15) is 4.79 Å². The molecule has 0 aliphatic heterocycles. The first-order chi connectivity index (χ1) is 9.71. The smallest absolute Gasteiger partial charge is 0.336 e. The Morgan fingerprint density at radius 2 is 1.95 bits per heavy atom. The number of halogens is 1. The lowest BCUT2D eigenvalue weighted by atomic mass is 10.2. The molecule has 20 heavy (non-hydrogen) atoms. The van der Waals surface area contributed by atoms with Gasteiger partial charge in [0.05, 0.1) is 6.61 Å². The summed E-state index contributed by atoms with van der Waals surface area (Å²) in [7, 11) is 0. The van der Waals surface area contributed by atoms with E-state index >= 15 is 0 Å². The molecule has 0 fully saturated rings. The molecular formula is C15H17ClO4. The highest BCUT2D eigenvalue weighted by Gasteiger charge is 2.00. The third kappa shape index (κ3) is 5.45. The van der Waals surface area contributed by atoms with Gasteiger partial charge in [0.2, 0.25) is 5.75 Å². The van der Waals surface area contributed by atoms with Crippen LogP contribution in [0.4, 0.5) is 0 Å². The standard InChI is InChI=1S/C14H16O3.CHClO/c1-2-3-4-9-16-12-7-5-11-6-8-14(15)17-13(11)10-12;2-1-3/h5-8,10H,2-4,9H2,1H3;1H. The molecule has 4 nitrogen and oxygen atoms in total. The predicted molar refractivity (Wildman–Crippen MR) is 80.1 cm³/mol. The Bertz CT molecular complexity index is 592. The van der Waals surface area contributed by atoms with Crippen molar-refractivity contribution < 1.29 is 13.9 Å². The number of carbonyl (C=O) groups is 1. The molecule has 0 bridgehead atoms. The summed E-state index contributed by atoms with van der Waals surface area (Å²) in [6.45, 7) is 2.86. The Kier molecular flexibility index (Phi) is 7.43. The Hall–Kier alpha value is -1.81. The summed E-state index contributed by atoms with van der Waals surface area (Å²) in [5, 5.41) is 0.908. The maximum absolute atomic E-state index is 11.1. The van der Waals surface area contributed by atoms with Gasteiger partial charge in [-0.1, -0.05) is 19.8 Å². The van der Waals surface area contributed by atoms with Gasteiger partial charge in [0.25, 0.3) is 0 Å². The van der Waals surface area contributed by atoms with Crippen LogP contribution in [-0.2, 0) is 4.79 Å². The molecule has 0 radical (unpaired) electrons. The lowest BCUT2D eigenvalue weighted by Crippen LogP contribution is -1.98. The van der Waals surface area contributed by atoms with E-state index in [1.165, 1.54) is 18.9 Å². The SMILES string of the molecule is CCCCCOc1ccc2ccc(=O)oc2c1.O=CCl. The fraction of sp³-hybridized carbons (Fsp3) is 0.333. The molecule has 0 aliphatic carbocycles. The largest absolute Gasteiger partial charge is 0.493 e. The quantitative estimate of drug-likeness (QED) is 0.365. The van der Waals surface area contributed by atoms with Crippen molar-refractivity contribution in [2.45, 2.75) is 26.2 Å². The highest BCUT2D eigenvalue weighted by Crippen LogP contribution is 2.19. The summed E-state index contributed by atoms with van der Waals surface area (Å²) in [4.78, 5) is 19.7. The lowest BCUT2D eigenvalue weighted by molar-refractivity contribution is 0.306. The molecule has 0 atom stereocenters. The van der Waals surface area contributed by atoms with E-state index in [0.717, 1.165) is 17.6 Å². The van der Waals surface area contributed by atoms with Gasteiger partial charge in [-0.05, 0) is 36.2 Å². The van der Waals surface area contributed by atoms with Crippen LogP contribution >= 0.6 is 11.6 Å². The number of ether oxygens (including phenoxy) is 1. The number of fused-ring (bicyclic) bond motifs is 1. The van der Waals surface area contributed by atoms with E-state index in [0.29, 0.717) is 12.2 Å². The highest BCUT2D eigenvalue weighted by atomic mass is 35.5. The van der Waals surface area contributed by atoms with Crippen molar-refractivity contribution in [3.8, 4) is 5.75 Å². The zero-order chi connectivity index (χ0) is 14.8. The normalized spacial score (nSPS) is 9.70. The second-order valence-corrected chi connectivity index (χ2v) is 4.28. The van der Waals surface area contributed by atoms with Crippen LogP contribution in [0.5, 0.6) is 5.75 Å². The van der Waals surface area contributed by atoms with Crippen LogP contribution in [-0.4, -0.2) is 12.4 Å². The topological polar surface area (TPSA) is 56.5 Å². The first kappa shape index (κ1) is 16.2. The molecule has 0 spiro atoms. The summed E-state index contributed by atoms with van der Waals surface area (Å²) < 4.78 is 10.7. The van der Waals surface area contributed by atoms with Crippen LogP contribution in [0.1, 0.15) is 26.2 Å². The maximum Gasteiger partial charge on any atom is 0.336 e. The van der Waals surface area contributed by atoms with Gasteiger partial charge in [-0.25, -0.2) is 4.79 Å². The van der Waals surface area contributed by atoms with Gasteiger partial charge in [0.1, 0.15) is 11.3 Å². The van der Waals surface area contributed by atoms with Crippen molar-refractivity contribution in [3.63, 3.8) is 0 Å². The molecule has 2 aromatic rings. The Morgan fingerprint density at radius 3 is 2.65 bits per heavy atom. The van der Waals surface area contributed by atoms with Crippen molar-refractivity contribution in [1.29, 1.82) is 0 Å². The van der Waals surface area contributed by atoms with Gasteiger partial charge in [-0.2, -0.15) is 0 Å². The Labute approximate surface area is 122 Å². The zero-order valence-electron chi connectivity index (χ0n) is 11.3. The van der Waals surface area contributed by atoms with Crippen molar-refractivity contribution in [3.05, 3.63) is 40.8 Å². The van der Waals surface area contributed by atoms with Crippen molar-refractivity contribution in [2.75, 3.05) is 6.61 Å². The molecule has 0 amide bonds. The van der Waals surface area contributed by atoms with Gasteiger partial charge < -0.3 is 9.15 Å². The maximum atomic E-state index is 11.1. The van der Waals surface area contributed by atoms with Crippen LogP contribution in [0.15, 0.2) is 39.5 Å². The molecular weight excluding hydrogens is 280 g/mol. The van der Waals surface area contributed by atoms with Crippen molar-refractivity contribution >= 4 is 28.3 Å². The van der Waals surface area contributed by atoms with Crippen LogP contribution in [0.3, 0.4) is 0 Å². The summed E-state index contributed by atoms with van der Waals surface area (Å²) in [5.74, 6) is 0.975. The van der Waals surface area contributed by atoms with E-state index in [1.807, 2.05) is 12.1 Å². The first-order valence-electron chi connectivity index (χ1n) is 6.41. The van der Waals surface area contributed by atoms with E-state index in [1.54, 1.807) is 12.1 Å². The summed E-state index contributed by atoms with van der Waals surface area (Å²) in [6, 6.07) is 8.73. The third-order valence-corrected chi connectivity index (χ3v) is 2.61. The van der Waals surface area contributed by atoms with Crippen molar-refractivity contribution in [1.82, 2.24) is 0 Å². The van der Waals surface area contributed by atoms with Crippen molar-refractivity contribution in [2.24, 2.45) is 0 Å². The molecule has 108 valence electrons. The van der Waals surface area contributed by atoms with E-state index in [-0.39, 0.29) is 11.4 Å². The average molecular weight is 297 g/mol. The molecule has 0 saturated heterocycles. The van der Waals surface area contributed by atoms with Gasteiger partial charge in [0.15, 0.2) is 0 Å². The molecule has 2 rings (SSSR count). The summed E-state index contributed by atoms with van der Waals surface area (Å²) in [5.41, 5.74) is 0.242. The second kappa shape index (κ2) is 9.15. The second-order valence-electron chi connectivity index (χ2n) is 4.10. The molecule has 1 aromatic heterocycles. The molecule has 0 N–H and O–H groups in total. The minimum atomic E-state index is -0.333. The highest BCUT2D eigenvalue weighted by molar-refractivity contribution is 6.54. The molecule has 0 saturated carbocycles. The molecule has 5 heteroatoms. The third-order valence-electron chi connectivity index (χ3n) is 2.61. The minimum Gasteiger partial charge on any atom is -0.493 e. The fourth-order valence-electron chi connectivity index (χ4n) is 1.67. The number of hydrogen-bond acceptors (Lipinski definition) is 4. The Balaban J connectivity index is 0.000000612. The van der Waals surface area contributed by atoms with Gasteiger partial charge in [-0.15, -0.1) is 0 Å². The van der Waals surface area contributed by atoms with Gasteiger partial charge in [-0.3, -0.25) is 4.79 Å². The number of benzene rings is 1. The van der Waals surface area contributed by atoms with E-state index in [4.69, 9.17) is 13.9 Å². The first-order valence-corrected chi connectivity index (χ1v) is 6.85. The minimum absolute atomic E-state index is 0.222. The molecule has 1 heterocycles. The predicted octanol–water partition coefficient (Wildman–Crippen LogP) is 3.78. The van der Waals surface area contributed by atoms with E-state index in [2.05, 4.69) is 18.5 Å². The van der Waals surface area contributed by atoms with Gasteiger partial charge >= 0.3 is 5.63 Å². The molecule has 1 aromatic carbocycles. The number of hydrogen-bond donors (Lipinski definition) is 0. The fourth-order valence-corrected chi connectivity index (χ4v) is 1.67. The van der Waals surface area contributed by atoms with Crippen LogP contribution < -0.4 is 10.4 Å². The molecule has 0 aliphatic rings. The number of rotatable bonds is 5. The summed E-state index contributed by atoms with van der Waals surface area (Å²) in [6.07, 6.45) is 3.39.